The topological polar surface area (TPSA) is 69.0 Å². The Kier molecular flexibility index (Phi) is 6.15. The Hall–Kier alpha value is -1.95. The smallest absolute Gasteiger partial charge is 0.241 e. The van der Waals surface area contributed by atoms with Crippen molar-refractivity contribution in [1.82, 2.24) is 20.3 Å². The number of fused-ring (bicyclic) bond motifs is 1. The van der Waals surface area contributed by atoms with E-state index in [1.54, 1.807) is 4.68 Å². The van der Waals surface area contributed by atoms with E-state index in [1.807, 2.05) is 24.3 Å². The van der Waals surface area contributed by atoms with Gasteiger partial charge in [-0.2, -0.15) is 0 Å². The first-order valence-electron chi connectivity index (χ1n) is 7.44. The van der Waals surface area contributed by atoms with E-state index in [0.717, 1.165) is 36.9 Å². The van der Waals surface area contributed by atoms with E-state index in [2.05, 4.69) is 22.6 Å². The molecule has 0 saturated heterocycles. The third kappa shape index (κ3) is 4.82. The van der Waals surface area contributed by atoms with Gasteiger partial charge in [-0.15, -0.1) is 5.10 Å². The summed E-state index contributed by atoms with van der Waals surface area (Å²) in [4.78, 5) is 11.8. The second kappa shape index (κ2) is 8.36. The lowest BCUT2D eigenvalue weighted by molar-refractivity contribution is -0.121. The molecule has 0 aliphatic carbocycles. The summed E-state index contributed by atoms with van der Waals surface area (Å²) in [7, 11) is 0. The van der Waals surface area contributed by atoms with Gasteiger partial charge < -0.3 is 10.1 Å². The molecule has 0 unspecified atom stereocenters. The monoisotopic (exact) mass is 290 g/mol. The van der Waals surface area contributed by atoms with Crippen molar-refractivity contribution in [2.24, 2.45) is 0 Å². The molecule has 0 radical (unpaired) electrons. The van der Waals surface area contributed by atoms with Crippen LogP contribution in [-0.4, -0.2) is 40.7 Å². The van der Waals surface area contributed by atoms with E-state index < -0.39 is 0 Å². The van der Waals surface area contributed by atoms with Crippen LogP contribution in [0.15, 0.2) is 24.3 Å². The molecular weight excluding hydrogens is 268 g/mol. The Morgan fingerprint density at radius 3 is 2.95 bits per heavy atom. The number of rotatable bonds is 9. The number of carbonyl (C=O) groups is 1. The van der Waals surface area contributed by atoms with Crippen LogP contribution in [0.3, 0.4) is 0 Å². The first-order chi connectivity index (χ1) is 10.3. The molecule has 21 heavy (non-hydrogen) atoms. The van der Waals surface area contributed by atoms with Gasteiger partial charge in [0.1, 0.15) is 12.1 Å². The summed E-state index contributed by atoms with van der Waals surface area (Å²) in [5, 5.41) is 10.9. The Labute approximate surface area is 124 Å². The number of benzene rings is 1. The van der Waals surface area contributed by atoms with E-state index in [0.29, 0.717) is 13.2 Å². The molecule has 2 rings (SSSR count). The minimum atomic E-state index is -0.0563. The van der Waals surface area contributed by atoms with Crippen LogP contribution in [0.4, 0.5) is 0 Å². The van der Waals surface area contributed by atoms with Crippen molar-refractivity contribution in [1.29, 1.82) is 0 Å². The molecular formula is C15H22N4O2. The van der Waals surface area contributed by atoms with Crippen LogP contribution in [0, 0.1) is 0 Å². The van der Waals surface area contributed by atoms with Crippen LogP contribution < -0.4 is 5.32 Å². The predicted molar refractivity (Wildman–Crippen MR) is 80.9 cm³/mol. The van der Waals surface area contributed by atoms with Gasteiger partial charge in [0.15, 0.2) is 0 Å². The van der Waals surface area contributed by atoms with E-state index in [9.17, 15) is 4.79 Å². The van der Waals surface area contributed by atoms with Crippen LogP contribution >= 0.6 is 0 Å². The van der Waals surface area contributed by atoms with Gasteiger partial charge in [-0.3, -0.25) is 4.79 Å². The minimum Gasteiger partial charge on any atom is -0.381 e. The largest absolute Gasteiger partial charge is 0.381 e. The molecule has 0 aliphatic rings. The van der Waals surface area contributed by atoms with Gasteiger partial charge in [0.25, 0.3) is 0 Å². The van der Waals surface area contributed by atoms with Crippen molar-refractivity contribution < 1.29 is 9.53 Å². The number of hydrogen-bond donors (Lipinski definition) is 1. The summed E-state index contributed by atoms with van der Waals surface area (Å²) in [5.41, 5.74) is 1.67. The Balaban J connectivity index is 1.68. The molecule has 1 aromatic heterocycles. The van der Waals surface area contributed by atoms with E-state index in [4.69, 9.17) is 4.74 Å². The molecule has 0 spiro atoms. The predicted octanol–water partition coefficient (Wildman–Crippen LogP) is 1.75. The lowest BCUT2D eigenvalue weighted by Crippen LogP contribution is -2.29. The van der Waals surface area contributed by atoms with Gasteiger partial charge in [0, 0.05) is 19.8 Å². The standard InChI is InChI=1S/C15H22N4O2/c1-2-3-10-21-11-6-9-16-15(20)12-19-14-8-5-4-7-13(14)17-18-19/h4-5,7-8H,2-3,6,9-12H2,1H3,(H,16,20). The summed E-state index contributed by atoms with van der Waals surface area (Å²) in [6.45, 7) is 4.44. The number of amides is 1. The zero-order chi connectivity index (χ0) is 14.9. The van der Waals surface area contributed by atoms with Gasteiger partial charge in [0.05, 0.1) is 5.52 Å². The van der Waals surface area contributed by atoms with Crippen molar-refractivity contribution in [3.63, 3.8) is 0 Å². The number of para-hydroxylation sites is 1. The highest BCUT2D eigenvalue weighted by molar-refractivity contribution is 5.79. The fraction of sp³-hybridized carbons (Fsp3) is 0.533. The average Bonchev–Trinajstić information content (AvgIpc) is 2.90. The molecule has 0 bridgehead atoms. The zero-order valence-corrected chi connectivity index (χ0v) is 12.4. The first-order valence-corrected chi connectivity index (χ1v) is 7.44. The van der Waals surface area contributed by atoms with E-state index in [-0.39, 0.29) is 12.5 Å². The van der Waals surface area contributed by atoms with Crippen molar-refractivity contribution in [3.05, 3.63) is 24.3 Å². The molecule has 0 fully saturated rings. The maximum Gasteiger partial charge on any atom is 0.241 e. The molecule has 1 N–H and O–H groups in total. The molecule has 114 valence electrons. The summed E-state index contributed by atoms with van der Waals surface area (Å²) in [6.07, 6.45) is 3.06. The van der Waals surface area contributed by atoms with E-state index in [1.165, 1.54) is 0 Å². The molecule has 1 heterocycles. The molecule has 1 amide bonds. The van der Waals surface area contributed by atoms with Crippen molar-refractivity contribution in [2.75, 3.05) is 19.8 Å². The minimum absolute atomic E-state index is 0.0563. The van der Waals surface area contributed by atoms with Crippen molar-refractivity contribution in [3.8, 4) is 0 Å². The number of carbonyl (C=O) groups excluding carboxylic acids is 1. The molecule has 6 heteroatoms. The first kappa shape index (κ1) is 15.4. The molecule has 6 nitrogen and oxygen atoms in total. The molecule has 0 saturated carbocycles. The maximum absolute atomic E-state index is 11.8. The molecule has 0 aliphatic heterocycles. The second-order valence-electron chi connectivity index (χ2n) is 4.91. The number of hydrogen-bond acceptors (Lipinski definition) is 4. The van der Waals surface area contributed by atoms with Crippen LogP contribution in [-0.2, 0) is 16.1 Å². The molecule has 2 aromatic rings. The highest BCUT2D eigenvalue weighted by Gasteiger charge is 2.07. The summed E-state index contributed by atoms with van der Waals surface area (Å²) >= 11 is 0. The maximum atomic E-state index is 11.8. The fourth-order valence-corrected chi connectivity index (χ4v) is 1.98. The van der Waals surface area contributed by atoms with Gasteiger partial charge in [0.2, 0.25) is 5.91 Å². The lowest BCUT2D eigenvalue weighted by Gasteiger charge is -2.06. The normalized spacial score (nSPS) is 10.9. The van der Waals surface area contributed by atoms with Gasteiger partial charge >= 0.3 is 0 Å². The molecule has 1 aromatic carbocycles. The highest BCUT2D eigenvalue weighted by atomic mass is 16.5. The molecule has 0 atom stereocenters. The van der Waals surface area contributed by atoms with Crippen LogP contribution in [0.5, 0.6) is 0 Å². The lowest BCUT2D eigenvalue weighted by atomic mass is 10.3. The average molecular weight is 290 g/mol. The summed E-state index contributed by atoms with van der Waals surface area (Å²) < 4.78 is 7.05. The Morgan fingerprint density at radius 2 is 2.10 bits per heavy atom. The number of unbranched alkanes of at least 4 members (excludes halogenated alkanes) is 1. The SMILES string of the molecule is CCCCOCCCNC(=O)Cn1nnc2ccccc21. The van der Waals surface area contributed by atoms with Gasteiger partial charge in [-0.25, -0.2) is 4.68 Å². The Bertz CT molecular complexity index is 568. The number of nitrogens with zero attached hydrogens (tertiary/aromatic N) is 3. The van der Waals surface area contributed by atoms with Crippen LogP contribution in [0.1, 0.15) is 26.2 Å². The van der Waals surface area contributed by atoms with Crippen LogP contribution in [0.25, 0.3) is 11.0 Å². The quantitative estimate of drug-likeness (QED) is 0.714. The zero-order valence-electron chi connectivity index (χ0n) is 12.4. The van der Waals surface area contributed by atoms with Crippen molar-refractivity contribution in [2.45, 2.75) is 32.7 Å². The number of nitrogens with one attached hydrogen (secondary N) is 1. The third-order valence-electron chi connectivity index (χ3n) is 3.14. The number of aromatic nitrogens is 3. The van der Waals surface area contributed by atoms with Crippen molar-refractivity contribution >= 4 is 16.9 Å². The highest BCUT2D eigenvalue weighted by Crippen LogP contribution is 2.08. The summed E-state index contributed by atoms with van der Waals surface area (Å²) in [6, 6.07) is 7.60. The second-order valence-corrected chi connectivity index (χ2v) is 4.91. The van der Waals surface area contributed by atoms with E-state index >= 15 is 0 Å². The van der Waals surface area contributed by atoms with Gasteiger partial charge in [-0.05, 0) is 25.0 Å². The van der Waals surface area contributed by atoms with Gasteiger partial charge in [-0.1, -0.05) is 30.7 Å². The van der Waals surface area contributed by atoms with Crippen LogP contribution in [0.2, 0.25) is 0 Å². The Morgan fingerprint density at radius 1 is 1.29 bits per heavy atom. The third-order valence-corrected chi connectivity index (χ3v) is 3.14. The number of ether oxygens (including phenoxy) is 1. The summed E-state index contributed by atoms with van der Waals surface area (Å²) in [5.74, 6) is -0.0563. The fourth-order valence-electron chi connectivity index (χ4n) is 1.98.